The standard InChI is InChI=1S/C17H15ClFN5O/c1-10(13-7-11(19)3-4-14(13)18)25-15-8-12(9-23-16(15)20)24-17-21-5-2-6-22-17/h2-10H,1H3,(H2,20,23)(H,21,22,24). The number of nitrogen functional groups attached to an aromatic ring is 1. The van der Waals surface area contributed by atoms with Crippen LogP contribution in [0.3, 0.4) is 0 Å². The van der Waals surface area contributed by atoms with Gasteiger partial charge in [0.25, 0.3) is 0 Å². The predicted molar refractivity (Wildman–Crippen MR) is 94.4 cm³/mol. The number of benzene rings is 1. The van der Waals surface area contributed by atoms with Crippen LogP contribution in [0.15, 0.2) is 48.9 Å². The van der Waals surface area contributed by atoms with Gasteiger partial charge >= 0.3 is 0 Å². The molecule has 0 saturated carbocycles. The van der Waals surface area contributed by atoms with Crippen LogP contribution in [0, 0.1) is 5.82 Å². The topological polar surface area (TPSA) is 86.0 Å². The van der Waals surface area contributed by atoms with E-state index in [0.717, 1.165) is 0 Å². The van der Waals surface area contributed by atoms with Gasteiger partial charge in [-0.25, -0.2) is 19.3 Å². The third-order valence-corrected chi connectivity index (χ3v) is 3.75. The van der Waals surface area contributed by atoms with Crippen LogP contribution in [0.2, 0.25) is 5.02 Å². The summed E-state index contributed by atoms with van der Waals surface area (Å²) < 4.78 is 19.3. The lowest BCUT2D eigenvalue weighted by Gasteiger charge is -2.18. The second kappa shape index (κ2) is 7.31. The van der Waals surface area contributed by atoms with E-state index in [0.29, 0.717) is 28.0 Å². The van der Waals surface area contributed by atoms with E-state index < -0.39 is 11.9 Å². The average molecular weight is 360 g/mol. The zero-order valence-electron chi connectivity index (χ0n) is 13.3. The minimum absolute atomic E-state index is 0.207. The maximum atomic E-state index is 13.5. The largest absolute Gasteiger partial charge is 0.482 e. The van der Waals surface area contributed by atoms with Crippen molar-refractivity contribution in [3.8, 4) is 5.75 Å². The van der Waals surface area contributed by atoms with Crippen molar-refractivity contribution in [1.29, 1.82) is 0 Å². The first-order valence-corrected chi connectivity index (χ1v) is 7.82. The normalized spacial score (nSPS) is 11.8. The number of aromatic nitrogens is 3. The van der Waals surface area contributed by atoms with Gasteiger partial charge in [-0.1, -0.05) is 11.6 Å². The smallest absolute Gasteiger partial charge is 0.227 e. The van der Waals surface area contributed by atoms with Gasteiger partial charge in [-0.05, 0) is 31.2 Å². The van der Waals surface area contributed by atoms with Gasteiger partial charge in [0.2, 0.25) is 5.95 Å². The Bertz CT molecular complexity index is 878. The van der Waals surface area contributed by atoms with E-state index in [2.05, 4.69) is 20.3 Å². The Hall–Kier alpha value is -2.93. The number of rotatable bonds is 5. The van der Waals surface area contributed by atoms with E-state index in [1.807, 2.05) is 0 Å². The van der Waals surface area contributed by atoms with Crippen LogP contribution >= 0.6 is 11.6 Å². The fourth-order valence-corrected chi connectivity index (χ4v) is 2.46. The van der Waals surface area contributed by atoms with E-state index in [9.17, 15) is 4.39 Å². The lowest BCUT2D eigenvalue weighted by molar-refractivity contribution is 0.227. The van der Waals surface area contributed by atoms with E-state index in [-0.39, 0.29) is 5.82 Å². The number of pyridine rings is 1. The number of nitrogens with zero attached hydrogens (tertiary/aromatic N) is 3. The highest BCUT2D eigenvalue weighted by atomic mass is 35.5. The molecule has 0 amide bonds. The molecule has 1 atom stereocenters. The predicted octanol–water partition coefficient (Wildman–Crippen LogP) is 4.13. The number of nitrogens with two attached hydrogens (primary N) is 1. The number of hydrogen-bond donors (Lipinski definition) is 2. The van der Waals surface area contributed by atoms with E-state index in [1.165, 1.54) is 18.2 Å². The molecule has 0 bridgehead atoms. The molecule has 2 heterocycles. The SMILES string of the molecule is CC(Oc1cc(Nc2ncccn2)cnc1N)c1cc(F)ccc1Cl. The van der Waals surface area contributed by atoms with Gasteiger partial charge in [-0.2, -0.15) is 0 Å². The minimum Gasteiger partial charge on any atom is -0.482 e. The van der Waals surface area contributed by atoms with Crippen LogP contribution in [0.25, 0.3) is 0 Å². The molecule has 0 saturated heterocycles. The van der Waals surface area contributed by atoms with Crippen LogP contribution in [-0.4, -0.2) is 15.0 Å². The van der Waals surface area contributed by atoms with E-state index in [1.54, 1.807) is 37.6 Å². The Kier molecular flexibility index (Phi) is 4.95. The quantitative estimate of drug-likeness (QED) is 0.712. The number of anilines is 3. The highest BCUT2D eigenvalue weighted by Gasteiger charge is 2.15. The van der Waals surface area contributed by atoms with Gasteiger partial charge in [-0.3, -0.25) is 0 Å². The Labute approximate surface area is 148 Å². The molecule has 0 aliphatic carbocycles. The molecule has 3 N–H and O–H groups in total. The highest BCUT2D eigenvalue weighted by molar-refractivity contribution is 6.31. The third kappa shape index (κ3) is 4.13. The highest BCUT2D eigenvalue weighted by Crippen LogP contribution is 2.31. The first-order valence-electron chi connectivity index (χ1n) is 7.44. The monoisotopic (exact) mass is 359 g/mol. The van der Waals surface area contributed by atoms with Gasteiger partial charge in [0.15, 0.2) is 11.6 Å². The van der Waals surface area contributed by atoms with Gasteiger partial charge in [0.1, 0.15) is 11.9 Å². The van der Waals surface area contributed by atoms with Crippen molar-refractivity contribution in [1.82, 2.24) is 15.0 Å². The van der Waals surface area contributed by atoms with Gasteiger partial charge in [0, 0.05) is 29.0 Å². The summed E-state index contributed by atoms with van der Waals surface area (Å²) in [6.45, 7) is 1.75. The van der Waals surface area contributed by atoms with Crippen molar-refractivity contribution in [3.63, 3.8) is 0 Å². The van der Waals surface area contributed by atoms with E-state index >= 15 is 0 Å². The summed E-state index contributed by atoms with van der Waals surface area (Å²) in [6.07, 6.45) is 4.26. The first-order chi connectivity index (χ1) is 12.0. The van der Waals surface area contributed by atoms with Crippen molar-refractivity contribution in [3.05, 3.63) is 65.3 Å². The lowest BCUT2D eigenvalue weighted by Crippen LogP contribution is -2.07. The van der Waals surface area contributed by atoms with Gasteiger partial charge in [-0.15, -0.1) is 0 Å². The summed E-state index contributed by atoms with van der Waals surface area (Å²) >= 11 is 6.11. The molecule has 3 aromatic rings. The molecular weight excluding hydrogens is 345 g/mol. The van der Waals surface area contributed by atoms with Crippen LogP contribution in [-0.2, 0) is 0 Å². The summed E-state index contributed by atoms with van der Waals surface area (Å²) in [5, 5.41) is 3.41. The maximum absolute atomic E-state index is 13.5. The molecular formula is C17H15ClFN5O. The molecule has 6 nitrogen and oxygen atoms in total. The summed E-state index contributed by atoms with van der Waals surface area (Å²) in [5.41, 5.74) is 7.00. The van der Waals surface area contributed by atoms with Gasteiger partial charge in [0.05, 0.1) is 11.9 Å². The van der Waals surface area contributed by atoms with Gasteiger partial charge < -0.3 is 15.8 Å². The molecule has 0 spiro atoms. The van der Waals surface area contributed by atoms with Crippen LogP contribution in [0.4, 0.5) is 21.8 Å². The van der Waals surface area contributed by atoms with Crippen LogP contribution < -0.4 is 15.8 Å². The number of ether oxygens (including phenoxy) is 1. The molecule has 128 valence electrons. The maximum Gasteiger partial charge on any atom is 0.227 e. The van der Waals surface area contributed by atoms with Crippen molar-refractivity contribution < 1.29 is 9.13 Å². The number of hydrogen-bond acceptors (Lipinski definition) is 6. The summed E-state index contributed by atoms with van der Waals surface area (Å²) in [6, 6.07) is 7.49. The Morgan fingerprint density at radius 2 is 1.96 bits per heavy atom. The summed E-state index contributed by atoms with van der Waals surface area (Å²) in [4.78, 5) is 12.2. The molecule has 2 aromatic heterocycles. The van der Waals surface area contributed by atoms with Crippen LogP contribution in [0.5, 0.6) is 5.75 Å². The molecule has 8 heteroatoms. The molecule has 0 radical (unpaired) electrons. The molecule has 1 aromatic carbocycles. The Balaban J connectivity index is 1.82. The molecule has 0 aliphatic rings. The fraction of sp³-hybridized carbons (Fsp3) is 0.118. The molecule has 0 aliphatic heterocycles. The van der Waals surface area contributed by atoms with Crippen molar-refractivity contribution in [2.45, 2.75) is 13.0 Å². The second-order valence-corrected chi connectivity index (χ2v) is 5.64. The second-order valence-electron chi connectivity index (χ2n) is 5.23. The Morgan fingerprint density at radius 3 is 2.72 bits per heavy atom. The molecule has 0 fully saturated rings. The van der Waals surface area contributed by atoms with E-state index in [4.69, 9.17) is 22.1 Å². The Morgan fingerprint density at radius 1 is 1.20 bits per heavy atom. The third-order valence-electron chi connectivity index (χ3n) is 3.40. The van der Waals surface area contributed by atoms with Crippen molar-refractivity contribution in [2.75, 3.05) is 11.1 Å². The zero-order chi connectivity index (χ0) is 17.8. The van der Waals surface area contributed by atoms with Crippen LogP contribution in [0.1, 0.15) is 18.6 Å². The fourth-order valence-electron chi connectivity index (χ4n) is 2.19. The first kappa shape index (κ1) is 16.9. The number of nitrogens with one attached hydrogen (secondary N) is 1. The lowest BCUT2D eigenvalue weighted by atomic mass is 10.1. The minimum atomic E-state index is -0.518. The average Bonchev–Trinajstić information content (AvgIpc) is 2.61. The molecule has 3 rings (SSSR count). The molecule has 25 heavy (non-hydrogen) atoms. The zero-order valence-corrected chi connectivity index (χ0v) is 14.0. The summed E-state index contributed by atoms with van der Waals surface area (Å²) in [7, 11) is 0. The van der Waals surface area contributed by atoms with Crippen molar-refractivity contribution in [2.24, 2.45) is 0 Å². The molecule has 1 unspecified atom stereocenters. The van der Waals surface area contributed by atoms with Crippen molar-refractivity contribution >= 4 is 29.1 Å². The number of halogens is 2. The summed E-state index contributed by atoms with van der Waals surface area (Å²) in [5.74, 6) is 0.575.